The minimum Gasteiger partial charge on any atom is -0.493 e. The molecule has 1 aromatic rings. The predicted octanol–water partition coefficient (Wildman–Crippen LogP) is 3.53. The maximum absolute atomic E-state index is 5.81. The summed E-state index contributed by atoms with van der Waals surface area (Å²) in [5.74, 6) is 1.54. The molecule has 1 unspecified atom stereocenters. The maximum Gasteiger partial charge on any atom is 0.175 e. The van der Waals surface area contributed by atoms with Crippen molar-refractivity contribution in [1.29, 1.82) is 0 Å². The summed E-state index contributed by atoms with van der Waals surface area (Å²) >= 11 is 3.54. The van der Waals surface area contributed by atoms with Crippen LogP contribution in [0, 0.1) is 0 Å². The number of halogens is 1. The van der Waals surface area contributed by atoms with Crippen LogP contribution in [0.5, 0.6) is 11.5 Å². The standard InChI is InChI=1S/C14H22BrNO2/c1-4-5-6-18-14-12(15)8-11(7-10(2)16)9-13(14)17-3/h8-10H,4-7,16H2,1-3H3. The van der Waals surface area contributed by atoms with E-state index >= 15 is 0 Å². The van der Waals surface area contributed by atoms with Crippen molar-refractivity contribution in [1.82, 2.24) is 0 Å². The Balaban J connectivity index is 2.89. The van der Waals surface area contributed by atoms with Gasteiger partial charge in [0.1, 0.15) is 0 Å². The number of nitrogens with two attached hydrogens (primary N) is 1. The van der Waals surface area contributed by atoms with Crippen molar-refractivity contribution in [3.05, 3.63) is 22.2 Å². The van der Waals surface area contributed by atoms with Crippen LogP contribution in [0.25, 0.3) is 0 Å². The number of benzene rings is 1. The maximum atomic E-state index is 5.81. The fourth-order valence-electron chi connectivity index (χ4n) is 1.72. The minimum atomic E-state index is 0.133. The van der Waals surface area contributed by atoms with E-state index in [2.05, 4.69) is 22.9 Å². The third-order valence-corrected chi connectivity index (χ3v) is 3.18. The van der Waals surface area contributed by atoms with E-state index in [4.69, 9.17) is 15.2 Å². The largest absolute Gasteiger partial charge is 0.493 e. The van der Waals surface area contributed by atoms with Gasteiger partial charge in [0.2, 0.25) is 0 Å². The van der Waals surface area contributed by atoms with Crippen molar-refractivity contribution in [2.75, 3.05) is 13.7 Å². The predicted molar refractivity (Wildman–Crippen MR) is 78.5 cm³/mol. The summed E-state index contributed by atoms with van der Waals surface area (Å²) in [4.78, 5) is 0. The van der Waals surface area contributed by atoms with Crippen LogP contribution >= 0.6 is 15.9 Å². The molecule has 1 atom stereocenters. The van der Waals surface area contributed by atoms with Crippen LogP contribution < -0.4 is 15.2 Å². The number of unbranched alkanes of at least 4 members (excludes halogenated alkanes) is 1. The Bertz CT molecular complexity index is 380. The lowest BCUT2D eigenvalue weighted by Crippen LogP contribution is -2.17. The molecule has 0 aromatic heterocycles. The molecule has 0 aliphatic carbocycles. The SMILES string of the molecule is CCCCOc1c(Br)cc(CC(C)N)cc1OC. The van der Waals surface area contributed by atoms with Crippen LogP contribution in [0.2, 0.25) is 0 Å². The third-order valence-electron chi connectivity index (χ3n) is 2.59. The fourth-order valence-corrected chi connectivity index (χ4v) is 2.33. The van der Waals surface area contributed by atoms with Gasteiger partial charge < -0.3 is 15.2 Å². The van der Waals surface area contributed by atoms with Gasteiger partial charge in [-0.05, 0) is 53.4 Å². The molecule has 3 nitrogen and oxygen atoms in total. The summed E-state index contributed by atoms with van der Waals surface area (Å²) in [5.41, 5.74) is 6.96. The van der Waals surface area contributed by atoms with Crippen LogP contribution in [0.3, 0.4) is 0 Å². The van der Waals surface area contributed by atoms with Crippen LogP contribution in [-0.4, -0.2) is 19.8 Å². The zero-order valence-electron chi connectivity index (χ0n) is 11.3. The summed E-state index contributed by atoms with van der Waals surface area (Å²) < 4.78 is 12.1. The van der Waals surface area contributed by atoms with E-state index in [0.717, 1.165) is 40.8 Å². The first-order valence-corrected chi connectivity index (χ1v) is 7.12. The highest BCUT2D eigenvalue weighted by atomic mass is 79.9. The van der Waals surface area contributed by atoms with Crippen molar-refractivity contribution >= 4 is 15.9 Å². The fraction of sp³-hybridized carbons (Fsp3) is 0.571. The molecule has 0 saturated carbocycles. The van der Waals surface area contributed by atoms with Gasteiger partial charge in [-0.1, -0.05) is 13.3 Å². The van der Waals surface area contributed by atoms with E-state index in [9.17, 15) is 0 Å². The molecule has 0 bridgehead atoms. The Morgan fingerprint density at radius 3 is 2.67 bits per heavy atom. The van der Waals surface area contributed by atoms with Crippen molar-refractivity contribution in [2.45, 2.75) is 39.2 Å². The monoisotopic (exact) mass is 315 g/mol. The molecule has 0 heterocycles. The minimum absolute atomic E-state index is 0.133. The molecule has 0 saturated heterocycles. The molecule has 4 heteroatoms. The summed E-state index contributed by atoms with van der Waals surface area (Å²) in [5, 5.41) is 0. The molecule has 0 radical (unpaired) electrons. The second kappa shape index (κ2) is 7.64. The lowest BCUT2D eigenvalue weighted by atomic mass is 10.1. The first-order chi connectivity index (χ1) is 8.58. The summed E-state index contributed by atoms with van der Waals surface area (Å²) in [6, 6.07) is 4.18. The van der Waals surface area contributed by atoms with E-state index in [1.54, 1.807) is 7.11 Å². The molecule has 0 fully saturated rings. The van der Waals surface area contributed by atoms with Crippen molar-refractivity contribution in [2.24, 2.45) is 5.73 Å². The summed E-state index contributed by atoms with van der Waals surface area (Å²) in [6.45, 7) is 4.84. The topological polar surface area (TPSA) is 44.5 Å². The highest BCUT2D eigenvalue weighted by Gasteiger charge is 2.12. The average Bonchev–Trinajstić information content (AvgIpc) is 2.30. The molecule has 0 spiro atoms. The normalized spacial score (nSPS) is 12.3. The molecule has 0 aliphatic rings. The second-order valence-corrected chi connectivity index (χ2v) is 5.35. The van der Waals surface area contributed by atoms with Gasteiger partial charge >= 0.3 is 0 Å². The Labute approximate surface area is 118 Å². The van der Waals surface area contributed by atoms with Gasteiger partial charge in [0.15, 0.2) is 11.5 Å². The molecule has 2 N–H and O–H groups in total. The lowest BCUT2D eigenvalue weighted by molar-refractivity contribution is 0.286. The van der Waals surface area contributed by atoms with E-state index in [1.807, 2.05) is 19.1 Å². The first-order valence-electron chi connectivity index (χ1n) is 6.33. The first kappa shape index (κ1) is 15.3. The molecule has 102 valence electrons. The van der Waals surface area contributed by atoms with Gasteiger partial charge in [0, 0.05) is 6.04 Å². The third kappa shape index (κ3) is 4.50. The van der Waals surface area contributed by atoms with Crippen LogP contribution in [0.1, 0.15) is 32.3 Å². The zero-order chi connectivity index (χ0) is 13.5. The van der Waals surface area contributed by atoms with Crippen LogP contribution in [-0.2, 0) is 6.42 Å². The zero-order valence-corrected chi connectivity index (χ0v) is 12.9. The number of hydrogen-bond acceptors (Lipinski definition) is 3. The quantitative estimate of drug-likeness (QED) is 0.783. The molecular formula is C14H22BrNO2. The Morgan fingerprint density at radius 1 is 1.39 bits per heavy atom. The number of rotatable bonds is 7. The summed E-state index contributed by atoms with van der Waals surface area (Å²) in [6.07, 6.45) is 2.98. The molecule has 0 aliphatic heterocycles. The lowest BCUT2D eigenvalue weighted by Gasteiger charge is -2.15. The highest BCUT2D eigenvalue weighted by Crippen LogP contribution is 2.37. The van der Waals surface area contributed by atoms with Gasteiger partial charge in [-0.3, -0.25) is 0 Å². The number of hydrogen-bond donors (Lipinski definition) is 1. The molecular weight excluding hydrogens is 294 g/mol. The molecule has 18 heavy (non-hydrogen) atoms. The van der Waals surface area contributed by atoms with Gasteiger partial charge in [-0.25, -0.2) is 0 Å². The Hall–Kier alpha value is -0.740. The van der Waals surface area contributed by atoms with Crippen molar-refractivity contribution in [3.63, 3.8) is 0 Å². The molecule has 1 rings (SSSR count). The van der Waals surface area contributed by atoms with Gasteiger partial charge in [-0.15, -0.1) is 0 Å². The summed E-state index contributed by atoms with van der Waals surface area (Å²) in [7, 11) is 1.66. The molecule has 1 aromatic carbocycles. The number of ether oxygens (including phenoxy) is 2. The van der Waals surface area contributed by atoms with Gasteiger partial charge in [0.05, 0.1) is 18.2 Å². The highest BCUT2D eigenvalue weighted by molar-refractivity contribution is 9.10. The van der Waals surface area contributed by atoms with Crippen LogP contribution in [0.4, 0.5) is 0 Å². The second-order valence-electron chi connectivity index (χ2n) is 4.49. The molecule has 0 amide bonds. The van der Waals surface area contributed by atoms with E-state index in [0.29, 0.717) is 6.61 Å². The van der Waals surface area contributed by atoms with Crippen molar-refractivity contribution < 1.29 is 9.47 Å². The number of methoxy groups -OCH3 is 1. The van der Waals surface area contributed by atoms with E-state index in [1.165, 1.54) is 0 Å². The van der Waals surface area contributed by atoms with Gasteiger partial charge in [0.25, 0.3) is 0 Å². The Kier molecular flexibility index (Phi) is 6.50. The van der Waals surface area contributed by atoms with E-state index < -0.39 is 0 Å². The average molecular weight is 316 g/mol. The smallest absolute Gasteiger partial charge is 0.175 e. The van der Waals surface area contributed by atoms with Crippen molar-refractivity contribution in [3.8, 4) is 11.5 Å². The van der Waals surface area contributed by atoms with Crippen LogP contribution in [0.15, 0.2) is 16.6 Å². The van der Waals surface area contributed by atoms with Gasteiger partial charge in [-0.2, -0.15) is 0 Å². The van der Waals surface area contributed by atoms with E-state index in [-0.39, 0.29) is 6.04 Å². The Morgan fingerprint density at radius 2 is 2.11 bits per heavy atom.